The van der Waals surface area contributed by atoms with Gasteiger partial charge in [-0.25, -0.2) is 0 Å². The van der Waals surface area contributed by atoms with E-state index < -0.39 is 0 Å². The molecule has 0 aromatic heterocycles. The van der Waals surface area contributed by atoms with E-state index in [1.165, 1.54) is 25.3 Å². The standard InChI is InChI=1S/C16H21NO3/c18-14-4-1-3-13(9-14)15(19)17-11-12-5-8-20-16(10-12)6-2-7-16/h1,3-4,9,12,18H,2,5-8,10-11H2,(H,17,19). The highest BCUT2D eigenvalue weighted by Gasteiger charge is 2.42. The fraction of sp³-hybridized carbons (Fsp3) is 0.562. The summed E-state index contributed by atoms with van der Waals surface area (Å²) in [5, 5.41) is 12.4. The number of carbonyl (C=O) groups excluding carboxylic acids is 1. The Morgan fingerprint density at radius 2 is 2.30 bits per heavy atom. The molecule has 3 rings (SSSR count). The number of benzene rings is 1. The van der Waals surface area contributed by atoms with Gasteiger partial charge in [-0.1, -0.05) is 6.07 Å². The van der Waals surface area contributed by atoms with Crippen molar-refractivity contribution >= 4 is 5.91 Å². The van der Waals surface area contributed by atoms with E-state index in [2.05, 4.69) is 5.32 Å². The van der Waals surface area contributed by atoms with Gasteiger partial charge in [-0.3, -0.25) is 4.79 Å². The van der Waals surface area contributed by atoms with E-state index >= 15 is 0 Å². The Morgan fingerprint density at radius 1 is 1.45 bits per heavy atom. The van der Waals surface area contributed by atoms with Gasteiger partial charge in [-0.15, -0.1) is 0 Å². The van der Waals surface area contributed by atoms with Crippen LogP contribution in [0.25, 0.3) is 0 Å². The summed E-state index contributed by atoms with van der Waals surface area (Å²) in [7, 11) is 0. The summed E-state index contributed by atoms with van der Waals surface area (Å²) in [5.74, 6) is 0.512. The van der Waals surface area contributed by atoms with Gasteiger partial charge in [0.15, 0.2) is 0 Å². The maximum Gasteiger partial charge on any atom is 0.251 e. The quantitative estimate of drug-likeness (QED) is 0.891. The molecular weight excluding hydrogens is 254 g/mol. The van der Waals surface area contributed by atoms with Gasteiger partial charge in [-0.2, -0.15) is 0 Å². The summed E-state index contributed by atoms with van der Waals surface area (Å²) >= 11 is 0. The first-order valence-corrected chi connectivity index (χ1v) is 7.38. The molecule has 2 fully saturated rings. The predicted octanol–water partition coefficient (Wildman–Crippen LogP) is 2.47. The van der Waals surface area contributed by atoms with Crippen LogP contribution < -0.4 is 5.32 Å². The van der Waals surface area contributed by atoms with E-state index in [4.69, 9.17) is 4.74 Å². The van der Waals surface area contributed by atoms with Crippen LogP contribution in [0.5, 0.6) is 5.75 Å². The zero-order chi connectivity index (χ0) is 14.0. The molecule has 1 aliphatic heterocycles. The third kappa shape index (κ3) is 2.80. The summed E-state index contributed by atoms with van der Waals surface area (Å²) in [6.07, 6.45) is 5.69. The molecule has 0 bridgehead atoms. The lowest BCUT2D eigenvalue weighted by molar-refractivity contribution is -0.142. The van der Waals surface area contributed by atoms with Gasteiger partial charge in [-0.05, 0) is 56.2 Å². The number of amides is 1. The van der Waals surface area contributed by atoms with E-state index in [-0.39, 0.29) is 17.3 Å². The van der Waals surface area contributed by atoms with Crippen molar-refractivity contribution in [2.75, 3.05) is 13.2 Å². The smallest absolute Gasteiger partial charge is 0.251 e. The first-order valence-electron chi connectivity index (χ1n) is 7.38. The van der Waals surface area contributed by atoms with Crippen molar-refractivity contribution in [1.82, 2.24) is 5.32 Å². The van der Waals surface area contributed by atoms with E-state index in [9.17, 15) is 9.90 Å². The Bertz CT molecular complexity index is 496. The molecule has 1 aliphatic carbocycles. The molecule has 1 aromatic rings. The van der Waals surface area contributed by atoms with Crippen LogP contribution in [0.3, 0.4) is 0 Å². The second kappa shape index (κ2) is 5.44. The van der Waals surface area contributed by atoms with Crippen LogP contribution in [0, 0.1) is 5.92 Å². The van der Waals surface area contributed by atoms with Gasteiger partial charge in [0.2, 0.25) is 0 Å². The lowest BCUT2D eigenvalue weighted by Crippen LogP contribution is -2.47. The lowest BCUT2D eigenvalue weighted by Gasteiger charge is -2.47. The van der Waals surface area contributed by atoms with Crippen molar-refractivity contribution < 1.29 is 14.6 Å². The Balaban J connectivity index is 1.52. The molecule has 4 nitrogen and oxygen atoms in total. The summed E-state index contributed by atoms with van der Waals surface area (Å²) in [4.78, 5) is 12.0. The van der Waals surface area contributed by atoms with Gasteiger partial charge in [0.05, 0.1) is 5.60 Å². The minimum absolute atomic E-state index is 0.116. The molecule has 1 spiro atoms. The van der Waals surface area contributed by atoms with Crippen LogP contribution in [0.15, 0.2) is 24.3 Å². The first kappa shape index (κ1) is 13.4. The van der Waals surface area contributed by atoms with Gasteiger partial charge >= 0.3 is 0 Å². The molecule has 20 heavy (non-hydrogen) atoms. The van der Waals surface area contributed by atoms with Crippen molar-refractivity contribution in [2.24, 2.45) is 5.92 Å². The monoisotopic (exact) mass is 275 g/mol. The number of carbonyl (C=O) groups is 1. The molecule has 1 amide bonds. The molecule has 4 heteroatoms. The summed E-state index contributed by atoms with van der Waals surface area (Å²) < 4.78 is 5.89. The average molecular weight is 275 g/mol. The number of hydrogen-bond acceptors (Lipinski definition) is 3. The molecule has 1 saturated carbocycles. The molecule has 2 N–H and O–H groups in total. The SMILES string of the molecule is O=C(NCC1CCOC2(CCC2)C1)c1cccc(O)c1. The molecule has 0 radical (unpaired) electrons. The largest absolute Gasteiger partial charge is 0.508 e. The third-order valence-corrected chi connectivity index (χ3v) is 4.52. The highest BCUT2D eigenvalue weighted by molar-refractivity contribution is 5.94. The van der Waals surface area contributed by atoms with E-state index in [0.29, 0.717) is 18.0 Å². The van der Waals surface area contributed by atoms with Crippen LogP contribution in [-0.4, -0.2) is 29.8 Å². The molecule has 2 aliphatic rings. The number of hydrogen-bond donors (Lipinski definition) is 2. The number of aromatic hydroxyl groups is 1. The average Bonchev–Trinajstić information content (AvgIpc) is 2.43. The van der Waals surface area contributed by atoms with Crippen LogP contribution in [0.4, 0.5) is 0 Å². The normalized spacial score (nSPS) is 24.1. The molecule has 1 unspecified atom stereocenters. The lowest BCUT2D eigenvalue weighted by atomic mass is 9.72. The number of rotatable bonds is 3. The Kier molecular flexibility index (Phi) is 3.66. The van der Waals surface area contributed by atoms with Crippen molar-refractivity contribution in [2.45, 2.75) is 37.7 Å². The van der Waals surface area contributed by atoms with E-state index in [0.717, 1.165) is 19.4 Å². The number of nitrogens with one attached hydrogen (secondary N) is 1. The molecular formula is C16H21NO3. The Labute approximate surface area is 119 Å². The fourth-order valence-corrected chi connectivity index (χ4v) is 3.21. The zero-order valence-electron chi connectivity index (χ0n) is 11.6. The topological polar surface area (TPSA) is 58.6 Å². The van der Waals surface area contributed by atoms with Gasteiger partial charge in [0, 0.05) is 18.7 Å². The fourth-order valence-electron chi connectivity index (χ4n) is 3.21. The predicted molar refractivity (Wildman–Crippen MR) is 75.7 cm³/mol. The van der Waals surface area contributed by atoms with Crippen molar-refractivity contribution in [3.05, 3.63) is 29.8 Å². The van der Waals surface area contributed by atoms with Crippen LogP contribution in [0.1, 0.15) is 42.5 Å². The van der Waals surface area contributed by atoms with Crippen LogP contribution in [-0.2, 0) is 4.74 Å². The third-order valence-electron chi connectivity index (χ3n) is 4.52. The van der Waals surface area contributed by atoms with Crippen molar-refractivity contribution in [3.8, 4) is 5.75 Å². The van der Waals surface area contributed by atoms with Crippen LogP contribution in [0.2, 0.25) is 0 Å². The number of phenols is 1. The number of ether oxygens (including phenoxy) is 1. The number of phenolic OH excluding ortho intramolecular Hbond substituents is 1. The minimum Gasteiger partial charge on any atom is -0.508 e. The van der Waals surface area contributed by atoms with E-state index in [1.807, 2.05) is 0 Å². The van der Waals surface area contributed by atoms with Gasteiger partial charge in [0.25, 0.3) is 5.91 Å². The first-order chi connectivity index (χ1) is 9.67. The van der Waals surface area contributed by atoms with Crippen LogP contribution >= 0.6 is 0 Å². The highest BCUT2D eigenvalue weighted by atomic mass is 16.5. The van der Waals surface area contributed by atoms with Gasteiger partial charge in [0.1, 0.15) is 5.75 Å². The molecule has 1 atom stereocenters. The minimum atomic E-state index is -0.116. The summed E-state index contributed by atoms with van der Waals surface area (Å²) in [6.45, 7) is 1.51. The Hall–Kier alpha value is -1.55. The van der Waals surface area contributed by atoms with E-state index in [1.54, 1.807) is 18.2 Å². The highest BCUT2D eigenvalue weighted by Crippen LogP contribution is 2.43. The summed E-state index contributed by atoms with van der Waals surface area (Å²) in [5.41, 5.74) is 0.633. The maximum atomic E-state index is 12.0. The molecule has 1 saturated heterocycles. The molecule has 108 valence electrons. The summed E-state index contributed by atoms with van der Waals surface area (Å²) in [6, 6.07) is 6.46. The molecule has 1 aromatic carbocycles. The molecule has 1 heterocycles. The Morgan fingerprint density at radius 3 is 3.00 bits per heavy atom. The van der Waals surface area contributed by atoms with Crippen molar-refractivity contribution in [1.29, 1.82) is 0 Å². The second-order valence-corrected chi connectivity index (χ2v) is 6.00. The second-order valence-electron chi connectivity index (χ2n) is 6.00. The maximum absolute atomic E-state index is 12.0. The zero-order valence-corrected chi connectivity index (χ0v) is 11.6. The van der Waals surface area contributed by atoms with Crippen molar-refractivity contribution in [3.63, 3.8) is 0 Å². The van der Waals surface area contributed by atoms with Gasteiger partial charge < -0.3 is 15.2 Å².